The third-order valence-electron chi connectivity index (χ3n) is 4.54. The second-order valence-electron chi connectivity index (χ2n) is 6.19. The Morgan fingerprint density at radius 1 is 1.42 bits per heavy atom. The fourth-order valence-electron chi connectivity index (χ4n) is 3.35. The van der Waals surface area contributed by atoms with Crippen LogP contribution in [0.3, 0.4) is 0 Å². The van der Waals surface area contributed by atoms with Crippen molar-refractivity contribution in [2.45, 2.75) is 37.0 Å². The van der Waals surface area contributed by atoms with Crippen LogP contribution in [0.5, 0.6) is 0 Å². The molecule has 3 unspecified atom stereocenters. The average Bonchev–Trinajstić information content (AvgIpc) is 2.85. The highest BCUT2D eigenvalue weighted by molar-refractivity contribution is 7.99. The molecule has 110 valence electrons. The minimum atomic E-state index is 0.185. The maximum atomic E-state index is 6.07. The molecule has 3 heterocycles. The van der Waals surface area contributed by atoms with Crippen LogP contribution in [-0.4, -0.2) is 74.0 Å². The summed E-state index contributed by atoms with van der Waals surface area (Å²) in [4.78, 5) is 2.36. The van der Waals surface area contributed by atoms with E-state index in [-0.39, 0.29) is 5.60 Å². The molecular weight excluding hydrogens is 260 g/mol. The molecule has 4 nitrogen and oxygen atoms in total. The molecule has 3 rings (SSSR count). The molecule has 3 saturated heterocycles. The molecule has 1 N–H and O–H groups in total. The lowest BCUT2D eigenvalue weighted by molar-refractivity contribution is -0.0738. The molecule has 0 radical (unpaired) electrons. The Morgan fingerprint density at radius 2 is 2.37 bits per heavy atom. The lowest BCUT2D eigenvalue weighted by Gasteiger charge is -2.39. The van der Waals surface area contributed by atoms with Crippen LogP contribution in [0.2, 0.25) is 0 Å². The lowest BCUT2D eigenvalue weighted by Crippen LogP contribution is -2.51. The Kier molecular flexibility index (Phi) is 4.70. The fourth-order valence-corrected chi connectivity index (χ4v) is 4.73. The first kappa shape index (κ1) is 14.1. The Labute approximate surface area is 120 Å². The summed E-state index contributed by atoms with van der Waals surface area (Å²) in [5.41, 5.74) is 0.185. The lowest BCUT2D eigenvalue weighted by atomic mass is 9.90. The summed E-state index contributed by atoms with van der Waals surface area (Å²) in [6, 6.07) is 0.614. The standard InChI is InChI=1S/C14H26N2O2S/c1-16-4-6-17-13(10-16)9-15-12-2-5-18-14(8-12)3-7-19-11-14/h12-13,15H,2-11H2,1H3. The second kappa shape index (κ2) is 6.31. The average molecular weight is 286 g/mol. The van der Waals surface area contributed by atoms with Crippen molar-refractivity contribution >= 4 is 11.8 Å². The van der Waals surface area contributed by atoms with E-state index < -0.39 is 0 Å². The van der Waals surface area contributed by atoms with Crippen LogP contribution < -0.4 is 5.32 Å². The van der Waals surface area contributed by atoms with E-state index >= 15 is 0 Å². The van der Waals surface area contributed by atoms with Gasteiger partial charge in [0, 0.05) is 38.0 Å². The van der Waals surface area contributed by atoms with E-state index in [2.05, 4.69) is 17.3 Å². The first-order valence-corrected chi connectivity index (χ1v) is 8.66. The monoisotopic (exact) mass is 286 g/mol. The van der Waals surface area contributed by atoms with Crippen LogP contribution in [-0.2, 0) is 9.47 Å². The van der Waals surface area contributed by atoms with Crippen LogP contribution in [0, 0.1) is 0 Å². The molecule has 0 aliphatic carbocycles. The summed E-state index contributed by atoms with van der Waals surface area (Å²) < 4.78 is 11.9. The number of rotatable bonds is 3. The SMILES string of the molecule is CN1CCOC(CNC2CCOC3(CCSC3)C2)C1. The van der Waals surface area contributed by atoms with Crippen molar-refractivity contribution in [1.82, 2.24) is 10.2 Å². The van der Waals surface area contributed by atoms with Gasteiger partial charge in [-0.1, -0.05) is 0 Å². The van der Waals surface area contributed by atoms with Crippen molar-refractivity contribution in [2.24, 2.45) is 0 Å². The van der Waals surface area contributed by atoms with Crippen LogP contribution in [0.1, 0.15) is 19.3 Å². The zero-order chi connectivity index (χ0) is 13.1. The molecule has 0 bridgehead atoms. The maximum Gasteiger partial charge on any atom is 0.0826 e. The minimum absolute atomic E-state index is 0.185. The van der Waals surface area contributed by atoms with Gasteiger partial charge in [0.05, 0.1) is 18.3 Å². The molecular formula is C14H26N2O2S. The third-order valence-corrected chi connectivity index (χ3v) is 5.76. The van der Waals surface area contributed by atoms with Gasteiger partial charge in [-0.3, -0.25) is 0 Å². The van der Waals surface area contributed by atoms with Crippen molar-refractivity contribution in [2.75, 3.05) is 51.4 Å². The summed E-state index contributed by atoms with van der Waals surface area (Å²) in [7, 11) is 2.18. The normalized spacial score (nSPS) is 40.9. The first-order chi connectivity index (χ1) is 9.26. The predicted molar refractivity (Wildman–Crippen MR) is 78.9 cm³/mol. The maximum absolute atomic E-state index is 6.07. The molecule has 3 atom stereocenters. The van der Waals surface area contributed by atoms with Gasteiger partial charge in [-0.15, -0.1) is 0 Å². The summed E-state index contributed by atoms with van der Waals surface area (Å²) in [5.74, 6) is 2.46. The van der Waals surface area contributed by atoms with Gasteiger partial charge >= 0.3 is 0 Å². The van der Waals surface area contributed by atoms with Gasteiger partial charge in [0.25, 0.3) is 0 Å². The Morgan fingerprint density at radius 3 is 3.16 bits per heavy atom. The van der Waals surface area contributed by atoms with E-state index in [9.17, 15) is 0 Å². The first-order valence-electron chi connectivity index (χ1n) is 7.51. The molecule has 3 aliphatic rings. The number of nitrogens with one attached hydrogen (secondary N) is 1. The van der Waals surface area contributed by atoms with Crippen molar-refractivity contribution in [3.8, 4) is 0 Å². The molecule has 0 aromatic rings. The highest BCUT2D eigenvalue weighted by Gasteiger charge is 2.40. The molecule has 0 amide bonds. The van der Waals surface area contributed by atoms with Crippen LogP contribution in [0.4, 0.5) is 0 Å². The van der Waals surface area contributed by atoms with Gasteiger partial charge in [-0.2, -0.15) is 11.8 Å². The molecule has 0 aromatic carbocycles. The number of ether oxygens (including phenoxy) is 2. The highest BCUT2D eigenvalue weighted by atomic mass is 32.2. The van der Waals surface area contributed by atoms with E-state index in [1.165, 1.54) is 24.3 Å². The van der Waals surface area contributed by atoms with Crippen molar-refractivity contribution in [3.05, 3.63) is 0 Å². The van der Waals surface area contributed by atoms with Gasteiger partial charge < -0.3 is 19.7 Å². The zero-order valence-electron chi connectivity index (χ0n) is 11.9. The molecule has 3 fully saturated rings. The van der Waals surface area contributed by atoms with Crippen LogP contribution in [0.25, 0.3) is 0 Å². The van der Waals surface area contributed by atoms with E-state index in [0.29, 0.717) is 12.1 Å². The minimum Gasteiger partial charge on any atom is -0.374 e. The summed E-state index contributed by atoms with van der Waals surface area (Å²) in [6.45, 7) is 4.89. The van der Waals surface area contributed by atoms with Crippen molar-refractivity contribution < 1.29 is 9.47 Å². The number of likely N-dealkylation sites (N-methyl/N-ethyl adjacent to an activating group) is 1. The highest BCUT2D eigenvalue weighted by Crippen LogP contribution is 2.38. The Hall–Kier alpha value is 0.190. The molecule has 0 aromatic heterocycles. The second-order valence-corrected chi connectivity index (χ2v) is 7.29. The van der Waals surface area contributed by atoms with Gasteiger partial charge in [0.2, 0.25) is 0 Å². The van der Waals surface area contributed by atoms with Crippen molar-refractivity contribution in [3.63, 3.8) is 0 Å². The predicted octanol–water partition coefficient (Wildman–Crippen LogP) is 0.961. The number of hydrogen-bond donors (Lipinski definition) is 1. The molecule has 5 heteroatoms. The molecule has 3 aliphatic heterocycles. The quantitative estimate of drug-likeness (QED) is 0.836. The largest absolute Gasteiger partial charge is 0.374 e. The van der Waals surface area contributed by atoms with Gasteiger partial charge in [-0.05, 0) is 32.1 Å². The van der Waals surface area contributed by atoms with Crippen molar-refractivity contribution in [1.29, 1.82) is 0 Å². The van der Waals surface area contributed by atoms with Crippen LogP contribution in [0.15, 0.2) is 0 Å². The molecule has 19 heavy (non-hydrogen) atoms. The topological polar surface area (TPSA) is 33.7 Å². The number of morpholine rings is 1. The fraction of sp³-hybridized carbons (Fsp3) is 1.00. The Balaban J connectivity index is 1.44. The number of nitrogens with zero attached hydrogens (tertiary/aromatic N) is 1. The van der Waals surface area contributed by atoms with Crippen LogP contribution >= 0.6 is 11.8 Å². The smallest absolute Gasteiger partial charge is 0.0826 e. The van der Waals surface area contributed by atoms with Gasteiger partial charge in [-0.25, -0.2) is 0 Å². The molecule has 0 saturated carbocycles. The summed E-state index contributed by atoms with van der Waals surface area (Å²) in [5, 5.41) is 3.72. The van der Waals surface area contributed by atoms with E-state index in [4.69, 9.17) is 9.47 Å². The zero-order valence-corrected chi connectivity index (χ0v) is 12.7. The van der Waals surface area contributed by atoms with E-state index in [1.54, 1.807) is 0 Å². The molecule has 1 spiro atoms. The summed E-state index contributed by atoms with van der Waals surface area (Å²) >= 11 is 2.04. The van der Waals surface area contributed by atoms with Gasteiger partial charge in [0.1, 0.15) is 0 Å². The van der Waals surface area contributed by atoms with E-state index in [1.807, 2.05) is 11.8 Å². The third kappa shape index (κ3) is 3.64. The summed E-state index contributed by atoms with van der Waals surface area (Å²) in [6.07, 6.45) is 3.92. The number of hydrogen-bond acceptors (Lipinski definition) is 5. The van der Waals surface area contributed by atoms with E-state index in [0.717, 1.165) is 39.3 Å². The Bertz CT molecular complexity index is 297. The van der Waals surface area contributed by atoms with Gasteiger partial charge in [0.15, 0.2) is 0 Å². The number of thioether (sulfide) groups is 1.